The number of amides is 1. The summed E-state index contributed by atoms with van der Waals surface area (Å²) in [5.74, 6) is 0.844. The lowest BCUT2D eigenvalue weighted by Crippen LogP contribution is -2.38. The van der Waals surface area contributed by atoms with Crippen LogP contribution in [0.4, 0.5) is 0 Å². The lowest BCUT2D eigenvalue weighted by molar-refractivity contribution is -0.127. The number of benzene rings is 1. The van der Waals surface area contributed by atoms with E-state index in [1.165, 1.54) is 11.1 Å². The zero-order chi connectivity index (χ0) is 14.8. The molecule has 1 saturated heterocycles. The van der Waals surface area contributed by atoms with Gasteiger partial charge >= 0.3 is 0 Å². The molecular weight excluding hydrogens is 266 g/mol. The van der Waals surface area contributed by atoms with Crippen LogP contribution in [-0.2, 0) is 16.0 Å². The lowest BCUT2D eigenvalue weighted by atomic mass is 10.0. The Hall–Kier alpha value is -1.55. The van der Waals surface area contributed by atoms with Crippen LogP contribution in [0.3, 0.4) is 0 Å². The Labute approximate surface area is 125 Å². The van der Waals surface area contributed by atoms with Crippen LogP contribution >= 0.6 is 0 Å². The van der Waals surface area contributed by atoms with Gasteiger partial charge < -0.3 is 14.8 Å². The minimum atomic E-state index is -0.384. The van der Waals surface area contributed by atoms with Crippen LogP contribution in [0.2, 0.25) is 0 Å². The highest BCUT2D eigenvalue weighted by Gasteiger charge is 2.29. The summed E-state index contributed by atoms with van der Waals surface area (Å²) in [5, 5.41) is 2.97. The third kappa shape index (κ3) is 3.21. The van der Waals surface area contributed by atoms with E-state index in [1.807, 2.05) is 6.07 Å². The van der Waals surface area contributed by atoms with Crippen molar-refractivity contribution in [2.75, 3.05) is 13.2 Å². The monoisotopic (exact) mass is 289 g/mol. The molecule has 1 amide bonds. The van der Waals surface area contributed by atoms with E-state index in [9.17, 15) is 4.79 Å². The van der Waals surface area contributed by atoms with Crippen molar-refractivity contribution in [1.82, 2.24) is 5.32 Å². The van der Waals surface area contributed by atoms with Crippen molar-refractivity contribution in [3.05, 3.63) is 28.8 Å². The van der Waals surface area contributed by atoms with E-state index in [0.29, 0.717) is 19.1 Å². The molecule has 0 aromatic heterocycles. The first-order valence-corrected chi connectivity index (χ1v) is 7.79. The molecule has 0 spiro atoms. The maximum Gasteiger partial charge on any atom is 0.261 e. The minimum Gasteiger partial charge on any atom is -0.480 e. The van der Waals surface area contributed by atoms with Crippen LogP contribution < -0.4 is 10.1 Å². The molecule has 1 N–H and O–H groups in total. The predicted molar refractivity (Wildman–Crippen MR) is 80.6 cm³/mol. The van der Waals surface area contributed by atoms with Crippen LogP contribution in [0, 0.1) is 13.8 Å². The van der Waals surface area contributed by atoms with Gasteiger partial charge in [-0.25, -0.2) is 0 Å². The molecule has 2 atom stereocenters. The molecule has 4 nitrogen and oxygen atoms in total. The van der Waals surface area contributed by atoms with Crippen LogP contribution in [0.5, 0.6) is 5.75 Å². The van der Waals surface area contributed by atoms with E-state index in [0.717, 1.165) is 37.2 Å². The molecular formula is C17H23NO3. The highest BCUT2D eigenvalue weighted by atomic mass is 16.5. The number of hydrogen-bond acceptors (Lipinski definition) is 3. The zero-order valence-electron chi connectivity index (χ0n) is 12.8. The molecule has 1 fully saturated rings. The SMILES string of the molecule is Cc1cc2c(cc1C)O[C@@H](C(=O)NCC[C@H]1CCCO1)C2. The van der Waals surface area contributed by atoms with Crippen LogP contribution in [-0.4, -0.2) is 31.3 Å². The largest absolute Gasteiger partial charge is 0.480 e. The molecule has 0 radical (unpaired) electrons. The summed E-state index contributed by atoms with van der Waals surface area (Å²) in [6.45, 7) is 5.68. The van der Waals surface area contributed by atoms with E-state index >= 15 is 0 Å². The van der Waals surface area contributed by atoms with Gasteiger partial charge in [-0.3, -0.25) is 4.79 Å². The van der Waals surface area contributed by atoms with Crippen molar-refractivity contribution < 1.29 is 14.3 Å². The molecule has 2 heterocycles. The van der Waals surface area contributed by atoms with Gasteiger partial charge in [-0.05, 0) is 55.9 Å². The highest BCUT2D eigenvalue weighted by molar-refractivity contribution is 5.82. The third-order valence-electron chi connectivity index (χ3n) is 4.43. The van der Waals surface area contributed by atoms with E-state index in [1.54, 1.807) is 0 Å². The molecule has 114 valence electrons. The smallest absolute Gasteiger partial charge is 0.261 e. The van der Waals surface area contributed by atoms with E-state index in [2.05, 4.69) is 25.2 Å². The van der Waals surface area contributed by atoms with Gasteiger partial charge in [0.15, 0.2) is 6.10 Å². The second kappa shape index (κ2) is 6.06. The fraction of sp³-hybridized carbons (Fsp3) is 0.588. The number of aryl methyl sites for hydroxylation is 2. The lowest BCUT2D eigenvalue weighted by Gasteiger charge is -2.13. The fourth-order valence-electron chi connectivity index (χ4n) is 3.00. The van der Waals surface area contributed by atoms with Crippen LogP contribution in [0.15, 0.2) is 12.1 Å². The zero-order valence-corrected chi connectivity index (χ0v) is 12.8. The average molecular weight is 289 g/mol. The summed E-state index contributed by atoms with van der Waals surface area (Å²) in [6, 6.07) is 4.16. The molecule has 4 heteroatoms. The first-order chi connectivity index (χ1) is 10.1. The van der Waals surface area contributed by atoms with Crippen molar-refractivity contribution in [2.45, 2.75) is 51.7 Å². The van der Waals surface area contributed by atoms with Crippen molar-refractivity contribution in [3.8, 4) is 5.75 Å². The predicted octanol–water partition coefficient (Wildman–Crippen LogP) is 2.29. The average Bonchev–Trinajstić information content (AvgIpc) is 3.08. The molecule has 21 heavy (non-hydrogen) atoms. The maximum atomic E-state index is 12.2. The van der Waals surface area contributed by atoms with Gasteiger partial charge in [0.05, 0.1) is 6.10 Å². The van der Waals surface area contributed by atoms with Gasteiger partial charge in [0.25, 0.3) is 5.91 Å². The summed E-state index contributed by atoms with van der Waals surface area (Å²) in [4.78, 5) is 12.2. The first kappa shape index (κ1) is 14.4. The quantitative estimate of drug-likeness (QED) is 0.925. The number of carbonyl (C=O) groups excluding carboxylic acids is 1. The number of ether oxygens (including phenoxy) is 2. The third-order valence-corrected chi connectivity index (χ3v) is 4.43. The van der Waals surface area contributed by atoms with Gasteiger partial charge in [0.2, 0.25) is 0 Å². The van der Waals surface area contributed by atoms with Gasteiger partial charge in [0.1, 0.15) is 5.75 Å². The molecule has 2 aliphatic heterocycles. The van der Waals surface area contributed by atoms with E-state index in [-0.39, 0.29) is 12.0 Å². The Morgan fingerprint density at radius 2 is 2.14 bits per heavy atom. The van der Waals surface area contributed by atoms with E-state index in [4.69, 9.17) is 9.47 Å². The summed E-state index contributed by atoms with van der Waals surface area (Å²) in [7, 11) is 0. The molecule has 0 unspecified atom stereocenters. The van der Waals surface area contributed by atoms with Crippen molar-refractivity contribution in [1.29, 1.82) is 0 Å². The Morgan fingerprint density at radius 3 is 2.90 bits per heavy atom. The molecule has 1 aromatic carbocycles. The van der Waals surface area contributed by atoms with Crippen molar-refractivity contribution in [3.63, 3.8) is 0 Å². The number of rotatable bonds is 4. The second-order valence-electron chi connectivity index (χ2n) is 6.07. The Balaban J connectivity index is 1.50. The molecule has 0 bridgehead atoms. The minimum absolute atomic E-state index is 0.0143. The number of carbonyl (C=O) groups is 1. The molecule has 0 saturated carbocycles. The molecule has 2 aliphatic rings. The Morgan fingerprint density at radius 1 is 1.33 bits per heavy atom. The molecule has 3 rings (SSSR count). The van der Waals surface area contributed by atoms with Crippen LogP contribution in [0.1, 0.15) is 36.0 Å². The highest BCUT2D eigenvalue weighted by Crippen LogP contribution is 2.31. The first-order valence-electron chi connectivity index (χ1n) is 7.79. The molecule has 0 aliphatic carbocycles. The van der Waals surface area contributed by atoms with Gasteiger partial charge in [-0.2, -0.15) is 0 Å². The summed E-state index contributed by atoms with van der Waals surface area (Å²) in [6.07, 6.45) is 3.74. The van der Waals surface area contributed by atoms with E-state index < -0.39 is 0 Å². The summed E-state index contributed by atoms with van der Waals surface area (Å²) < 4.78 is 11.3. The van der Waals surface area contributed by atoms with Gasteiger partial charge in [-0.15, -0.1) is 0 Å². The second-order valence-corrected chi connectivity index (χ2v) is 6.07. The fourth-order valence-corrected chi connectivity index (χ4v) is 3.00. The standard InChI is InChI=1S/C17H23NO3/c1-11-8-13-10-16(21-15(13)9-12(11)2)17(19)18-6-5-14-4-3-7-20-14/h8-9,14,16H,3-7,10H2,1-2H3,(H,18,19)/t14-,16-/m1/s1. The van der Waals surface area contributed by atoms with Crippen LogP contribution in [0.25, 0.3) is 0 Å². The number of fused-ring (bicyclic) bond motifs is 1. The number of hydrogen-bond donors (Lipinski definition) is 1. The normalized spacial score (nSPS) is 23.7. The van der Waals surface area contributed by atoms with Gasteiger partial charge in [0, 0.05) is 19.6 Å². The Bertz CT molecular complexity index is 504. The van der Waals surface area contributed by atoms with Gasteiger partial charge in [-0.1, -0.05) is 6.07 Å². The summed E-state index contributed by atoms with van der Waals surface area (Å²) in [5.41, 5.74) is 3.59. The topological polar surface area (TPSA) is 47.6 Å². The molecule has 1 aromatic rings. The maximum absolute atomic E-state index is 12.2. The van der Waals surface area contributed by atoms with Crippen molar-refractivity contribution in [2.24, 2.45) is 0 Å². The Kier molecular flexibility index (Phi) is 4.15. The summed E-state index contributed by atoms with van der Waals surface area (Å²) >= 11 is 0. The number of nitrogens with one attached hydrogen (secondary N) is 1. The van der Waals surface area contributed by atoms with Crippen molar-refractivity contribution >= 4 is 5.91 Å².